The Labute approximate surface area is 388 Å². The molecule has 0 spiro atoms. The van der Waals surface area contributed by atoms with Crippen LogP contribution in [0, 0.1) is 10.1 Å². The Balaban J connectivity index is 1.03. The third-order valence-corrected chi connectivity index (χ3v) is 14.5. The number of hydrogen-bond donors (Lipinski definition) is 0. The molecule has 0 amide bonds. The highest BCUT2D eigenvalue weighted by Crippen LogP contribution is 2.34. The molecule has 5 aromatic rings. The second kappa shape index (κ2) is 22.8. The maximum absolute atomic E-state index is 13.6. The minimum Gasteiger partial charge on any atom is -0.468 e. The maximum atomic E-state index is 13.6. The van der Waals surface area contributed by atoms with Gasteiger partial charge in [-0.3, -0.25) is 14.3 Å². The van der Waals surface area contributed by atoms with Crippen LogP contribution in [0.5, 0.6) is 11.5 Å². The largest absolute Gasteiger partial charge is 0.468 e. The highest BCUT2D eigenvalue weighted by molar-refractivity contribution is 7.86. The standard InChI is InChI=1S/C50H61NO13SSi/c1-35-49(45(57-32-38-11-7-6-8-12-38)30-47(60-35)62-44-23-21-43(22-24-44)59-34-56-26-28-66(3,4)5)63-48-31-46(58-33-39-15-18-40-13-9-10-14-41(40)29-39)50(36(2)61-48)64-65(54,55)27-25-37-16-19-42(20-17-37)51(52)53/h6-24,29,35-36,45-50H,25-28,30-34H2,1-5H3/t35-,36-,45-,46-,47+,48+,49-,50-/m1/s1. The summed E-state index contributed by atoms with van der Waals surface area (Å²) in [6.07, 6.45) is -5.06. The van der Waals surface area contributed by atoms with E-state index in [-0.39, 0.29) is 37.7 Å². The Hall–Kier alpha value is -4.75. The van der Waals surface area contributed by atoms with Crippen molar-refractivity contribution in [2.45, 2.75) is 121 Å². The highest BCUT2D eigenvalue weighted by Gasteiger charge is 2.46. The first-order valence-electron chi connectivity index (χ1n) is 22.5. The fraction of sp³-hybridized carbons (Fsp3) is 0.440. The van der Waals surface area contributed by atoms with Gasteiger partial charge in [-0.15, -0.1) is 0 Å². The number of fused-ring (bicyclic) bond motifs is 1. The predicted molar refractivity (Wildman–Crippen MR) is 252 cm³/mol. The SMILES string of the molecule is C[C@H]1O[C@@H](Oc2ccc(OCOCC[Si](C)(C)C)cc2)C[C@@H](OCc2ccccc2)[C@@H]1O[C@H]1C[C@@H](OCc2ccc3ccccc3c2)[C@H](OS(=O)(=O)CCc2ccc([N+](=O)[O-])cc2)[C@@H](C)O1. The number of nitro groups is 1. The lowest BCUT2D eigenvalue weighted by Gasteiger charge is -2.44. The molecule has 8 atom stereocenters. The van der Waals surface area contributed by atoms with Gasteiger partial charge in [-0.1, -0.05) is 98.5 Å². The van der Waals surface area contributed by atoms with Crippen molar-refractivity contribution < 1.29 is 55.4 Å². The van der Waals surface area contributed by atoms with Gasteiger partial charge >= 0.3 is 0 Å². The minimum atomic E-state index is -4.13. The molecule has 2 aliphatic heterocycles. The van der Waals surface area contributed by atoms with Crippen molar-refractivity contribution in [2.75, 3.05) is 19.2 Å². The van der Waals surface area contributed by atoms with Crippen molar-refractivity contribution >= 4 is 34.7 Å². The normalized spacial score (nSPS) is 23.7. The first-order valence-corrected chi connectivity index (χ1v) is 27.8. The summed E-state index contributed by atoms with van der Waals surface area (Å²) in [6, 6.07) is 38.1. The zero-order valence-corrected chi connectivity index (χ0v) is 40.0. The van der Waals surface area contributed by atoms with Crippen molar-refractivity contribution in [2.24, 2.45) is 0 Å². The van der Waals surface area contributed by atoms with Crippen molar-refractivity contribution in [3.63, 3.8) is 0 Å². The van der Waals surface area contributed by atoms with E-state index in [0.29, 0.717) is 36.7 Å². The van der Waals surface area contributed by atoms with Gasteiger partial charge in [0.25, 0.3) is 15.8 Å². The number of hydrogen-bond acceptors (Lipinski definition) is 13. The van der Waals surface area contributed by atoms with Gasteiger partial charge in [0.2, 0.25) is 6.29 Å². The van der Waals surface area contributed by atoms with Crippen LogP contribution in [-0.4, -0.2) is 89.8 Å². The van der Waals surface area contributed by atoms with Crippen molar-refractivity contribution in [1.82, 2.24) is 0 Å². The van der Waals surface area contributed by atoms with E-state index in [1.807, 2.05) is 104 Å². The summed E-state index contributed by atoms with van der Waals surface area (Å²) >= 11 is 0. The Morgan fingerprint density at radius 3 is 2.02 bits per heavy atom. The molecule has 2 fully saturated rings. The van der Waals surface area contributed by atoms with E-state index in [1.165, 1.54) is 12.1 Å². The van der Waals surface area contributed by atoms with Gasteiger partial charge < -0.3 is 37.9 Å². The van der Waals surface area contributed by atoms with Crippen LogP contribution in [0.4, 0.5) is 5.69 Å². The molecule has 0 saturated carbocycles. The van der Waals surface area contributed by atoms with Crippen LogP contribution < -0.4 is 9.47 Å². The molecular weight excluding hydrogens is 883 g/mol. The predicted octanol–water partition coefficient (Wildman–Crippen LogP) is 9.60. The molecule has 5 aromatic carbocycles. The lowest BCUT2D eigenvalue weighted by atomic mass is 10.00. The first-order chi connectivity index (χ1) is 31.7. The summed E-state index contributed by atoms with van der Waals surface area (Å²) < 4.78 is 83.7. The lowest BCUT2D eigenvalue weighted by molar-refractivity contribution is -0.384. The number of benzene rings is 5. The van der Waals surface area contributed by atoms with Gasteiger partial charge in [0, 0.05) is 39.7 Å². The quantitative estimate of drug-likeness (QED) is 0.0161. The second-order valence-corrected chi connectivity index (χ2v) is 25.4. The van der Waals surface area contributed by atoms with Crippen LogP contribution in [0.2, 0.25) is 25.7 Å². The van der Waals surface area contributed by atoms with Crippen molar-refractivity contribution in [1.29, 1.82) is 0 Å². The van der Waals surface area contributed by atoms with Gasteiger partial charge in [0.15, 0.2) is 13.1 Å². The van der Waals surface area contributed by atoms with Gasteiger partial charge in [-0.2, -0.15) is 8.42 Å². The van der Waals surface area contributed by atoms with Gasteiger partial charge in [0.1, 0.15) is 23.7 Å². The Morgan fingerprint density at radius 2 is 1.30 bits per heavy atom. The summed E-state index contributed by atoms with van der Waals surface area (Å²) in [5.41, 5.74) is 2.44. The molecule has 0 bridgehead atoms. The number of nitrogens with zero attached hydrogens (tertiary/aromatic N) is 1. The van der Waals surface area contributed by atoms with Crippen LogP contribution in [0.15, 0.2) is 121 Å². The first kappa shape index (κ1) is 49.2. The molecule has 7 rings (SSSR count). The highest BCUT2D eigenvalue weighted by atomic mass is 32.2. The number of ether oxygens (including phenoxy) is 8. The van der Waals surface area contributed by atoms with E-state index in [2.05, 4.69) is 19.6 Å². The van der Waals surface area contributed by atoms with Gasteiger partial charge in [-0.25, -0.2) is 0 Å². The Morgan fingerprint density at radius 1 is 0.697 bits per heavy atom. The van der Waals surface area contributed by atoms with Crippen LogP contribution in [0.3, 0.4) is 0 Å². The van der Waals surface area contributed by atoms with Crippen molar-refractivity contribution in [3.8, 4) is 11.5 Å². The van der Waals surface area contributed by atoms with E-state index in [4.69, 9.17) is 42.1 Å². The molecule has 16 heteroatoms. The third-order valence-electron chi connectivity index (χ3n) is 11.6. The number of aryl methyl sites for hydroxylation is 1. The fourth-order valence-corrected chi connectivity index (χ4v) is 9.82. The Kier molecular flexibility index (Phi) is 17.0. The van der Waals surface area contributed by atoms with Crippen LogP contribution in [-0.2, 0) is 62.4 Å². The average molecular weight is 944 g/mol. The smallest absolute Gasteiger partial charge is 0.269 e. The topological polar surface area (TPSA) is 160 Å². The van der Waals surface area contributed by atoms with E-state index in [9.17, 15) is 18.5 Å². The molecule has 14 nitrogen and oxygen atoms in total. The number of nitro benzene ring substituents is 1. The molecular formula is C50H61NO13SSi. The van der Waals surface area contributed by atoms with E-state index in [0.717, 1.165) is 27.9 Å². The molecule has 0 N–H and O–H groups in total. The lowest BCUT2D eigenvalue weighted by Crippen LogP contribution is -2.56. The van der Waals surface area contributed by atoms with Gasteiger partial charge in [-0.05, 0) is 84.1 Å². The summed E-state index contributed by atoms with van der Waals surface area (Å²) in [5.74, 6) is 0.919. The monoisotopic (exact) mass is 943 g/mol. The third kappa shape index (κ3) is 14.6. The van der Waals surface area contributed by atoms with Crippen LogP contribution >= 0.6 is 0 Å². The van der Waals surface area contributed by atoms with Gasteiger partial charge in [0.05, 0.1) is 48.3 Å². The summed E-state index contributed by atoms with van der Waals surface area (Å²) in [5, 5.41) is 13.3. The zero-order valence-electron chi connectivity index (χ0n) is 38.2. The average Bonchev–Trinajstić information content (AvgIpc) is 3.29. The molecule has 0 aromatic heterocycles. The molecule has 354 valence electrons. The van der Waals surface area contributed by atoms with Crippen molar-refractivity contribution in [3.05, 3.63) is 148 Å². The summed E-state index contributed by atoms with van der Waals surface area (Å²) in [6.45, 7) is 11.9. The minimum absolute atomic E-state index is 0.0764. The number of rotatable bonds is 22. The summed E-state index contributed by atoms with van der Waals surface area (Å²) in [7, 11) is -5.31. The van der Waals surface area contributed by atoms with E-state index in [1.54, 1.807) is 19.1 Å². The van der Waals surface area contributed by atoms with Crippen LogP contribution in [0.25, 0.3) is 10.8 Å². The summed E-state index contributed by atoms with van der Waals surface area (Å²) in [4.78, 5) is 10.6. The van der Waals surface area contributed by atoms with E-state index >= 15 is 0 Å². The Bertz CT molecular complexity index is 2420. The molecule has 0 aliphatic carbocycles. The van der Waals surface area contributed by atoms with Crippen LogP contribution in [0.1, 0.15) is 43.4 Å². The maximum Gasteiger partial charge on any atom is 0.269 e. The molecule has 0 unspecified atom stereocenters. The molecule has 2 aliphatic rings. The van der Waals surface area contributed by atoms with E-state index < -0.39 is 72.3 Å². The molecule has 0 radical (unpaired) electrons. The molecule has 2 heterocycles. The number of non-ortho nitro benzene ring substituents is 1. The second-order valence-electron chi connectivity index (χ2n) is 18.0. The molecule has 2 saturated heterocycles. The zero-order chi connectivity index (χ0) is 46.7. The molecule has 66 heavy (non-hydrogen) atoms. The fourth-order valence-electron chi connectivity index (χ4n) is 7.87.